The van der Waals surface area contributed by atoms with Gasteiger partial charge in [-0.05, 0) is 38.4 Å². The predicted octanol–water partition coefficient (Wildman–Crippen LogP) is 3.70. The van der Waals surface area contributed by atoms with Gasteiger partial charge in [0.05, 0.1) is 0 Å². The molecule has 0 aliphatic carbocycles. The monoisotopic (exact) mass is 306 g/mol. The summed E-state index contributed by atoms with van der Waals surface area (Å²) in [5.74, 6) is 1.56. The Kier molecular flexibility index (Phi) is 6.07. The van der Waals surface area contributed by atoms with Crippen molar-refractivity contribution in [2.45, 2.75) is 66.0 Å². The third kappa shape index (κ3) is 3.54. The number of hydrogen-bond acceptors (Lipinski definition) is 3. The van der Waals surface area contributed by atoms with Crippen molar-refractivity contribution in [1.29, 1.82) is 0 Å². The Balaban J connectivity index is 2.17. The lowest BCUT2D eigenvalue weighted by atomic mass is 10.1. The molecular weight excluding hydrogens is 276 g/mol. The molecule has 4 heteroatoms. The van der Waals surface area contributed by atoms with E-state index in [1.54, 1.807) is 0 Å². The van der Waals surface area contributed by atoms with Crippen molar-refractivity contribution in [3.63, 3.8) is 0 Å². The van der Waals surface area contributed by atoms with Crippen LogP contribution in [-0.2, 0) is 13.0 Å². The van der Waals surface area contributed by atoms with Crippen LogP contribution in [-0.4, -0.2) is 41.4 Å². The van der Waals surface area contributed by atoms with Crippen LogP contribution in [0.25, 0.3) is 0 Å². The van der Waals surface area contributed by atoms with Crippen LogP contribution in [0.5, 0.6) is 0 Å². The standard InChI is InChI=1S/C18H30N2O2/c1-5-15-10-9-11-20(15)18(21)17-12-14(16(6-2)22-17)13-19(7-3)8-4/h12,15H,5-11,13H2,1-4H3/t15-/m1/s1. The van der Waals surface area contributed by atoms with Crippen LogP contribution in [0.1, 0.15) is 68.8 Å². The van der Waals surface area contributed by atoms with Gasteiger partial charge in [0, 0.05) is 31.1 Å². The minimum atomic E-state index is 0.0739. The van der Waals surface area contributed by atoms with E-state index < -0.39 is 0 Å². The number of aryl methyl sites for hydroxylation is 1. The molecule has 0 aromatic carbocycles. The van der Waals surface area contributed by atoms with Crippen molar-refractivity contribution in [2.24, 2.45) is 0 Å². The minimum absolute atomic E-state index is 0.0739. The molecule has 1 aliphatic rings. The van der Waals surface area contributed by atoms with Gasteiger partial charge in [-0.15, -0.1) is 0 Å². The lowest BCUT2D eigenvalue weighted by Gasteiger charge is -2.22. The highest BCUT2D eigenvalue weighted by Crippen LogP contribution is 2.25. The van der Waals surface area contributed by atoms with Crippen LogP contribution in [0.4, 0.5) is 0 Å². The van der Waals surface area contributed by atoms with Crippen LogP contribution in [0.15, 0.2) is 10.5 Å². The van der Waals surface area contributed by atoms with Crippen LogP contribution in [0, 0.1) is 0 Å². The maximum absolute atomic E-state index is 12.7. The lowest BCUT2D eigenvalue weighted by molar-refractivity contribution is 0.0699. The molecule has 0 spiro atoms. The van der Waals surface area contributed by atoms with E-state index in [-0.39, 0.29) is 5.91 Å². The second-order valence-corrected chi connectivity index (χ2v) is 6.08. The summed E-state index contributed by atoms with van der Waals surface area (Å²) in [7, 11) is 0. The summed E-state index contributed by atoms with van der Waals surface area (Å²) in [4.78, 5) is 17.1. The van der Waals surface area contributed by atoms with Gasteiger partial charge in [-0.25, -0.2) is 0 Å². The molecule has 4 nitrogen and oxygen atoms in total. The smallest absolute Gasteiger partial charge is 0.289 e. The minimum Gasteiger partial charge on any atom is -0.456 e. The average Bonchev–Trinajstić information content (AvgIpc) is 3.17. The molecular formula is C18H30N2O2. The summed E-state index contributed by atoms with van der Waals surface area (Å²) in [5, 5.41) is 0. The molecule has 0 N–H and O–H groups in total. The Morgan fingerprint density at radius 2 is 2.05 bits per heavy atom. The summed E-state index contributed by atoms with van der Waals surface area (Å²) in [5.41, 5.74) is 1.17. The summed E-state index contributed by atoms with van der Waals surface area (Å²) < 4.78 is 5.90. The molecule has 1 aliphatic heterocycles. The van der Waals surface area contributed by atoms with Gasteiger partial charge in [0.2, 0.25) is 0 Å². The number of hydrogen-bond donors (Lipinski definition) is 0. The van der Waals surface area contributed by atoms with Crippen LogP contribution in [0.2, 0.25) is 0 Å². The third-order valence-corrected chi connectivity index (χ3v) is 4.83. The third-order valence-electron chi connectivity index (χ3n) is 4.83. The SMILES string of the molecule is CCc1oc(C(=O)N2CCC[C@H]2CC)cc1CN(CC)CC. The lowest BCUT2D eigenvalue weighted by Crippen LogP contribution is -2.34. The Morgan fingerprint density at radius 3 is 2.64 bits per heavy atom. The fraction of sp³-hybridized carbons (Fsp3) is 0.722. The van der Waals surface area contributed by atoms with Crippen molar-refractivity contribution < 1.29 is 9.21 Å². The first-order chi connectivity index (χ1) is 10.6. The van der Waals surface area contributed by atoms with E-state index in [9.17, 15) is 4.79 Å². The van der Waals surface area contributed by atoms with Gasteiger partial charge in [-0.1, -0.05) is 27.7 Å². The summed E-state index contributed by atoms with van der Waals surface area (Å²) in [6.45, 7) is 12.3. The van der Waals surface area contributed by atoms with E-state index in [4.69, 9.17) is 4.42 Å². The molecule has 1 amide bonds. The number of furan rings is 1. The van der Waals surface area contributed by atoms with Gasteiger partial charge in [0.1, 0.15) is 5.76 Å². The van der Waals surface area contributed by atoms with Gasteiger partial charge in [0.25, 0.3) is 5.91 Å². The molecule has 1 atom stereocenters. The van der Waals surface area contributed by atoms with Gasteiger partial charge in [0.15, 0.2) is 5.76 Å². The fourth-order valence-corrected chi connectivity index (χ4v) is 3.36. The first kappa shape index (κ1) is 17.1. The molecule has 0 radical (unpaired) electrons. The molecule has 0 saturated carbocycles. The Hall–Kier alpha value is -1.29. The molecule has 2 rings (SSSR count). The molecule has 2 heterocycles. The molecule has 0 unspecified atom stereocenters. The Morgan fingerprint density at radius 1 is 1.32 bits per heavy atom. The van der Waals surface area contributed by atoms with E-state index in [1.807, 2.05) is 11.0 Å². The molecule has 1 aromatic rings. The van der Waals surface area contributed by atoms with Gasteiger partial charge in [-0.2, -0.15) is 0 Å². The first-order valence-electron chi connectivity index (χ1n) is 8.79. The maximum atomic E-state index is 12.7. The second kappa shape index (κ2) is 7.82. The zero-order valence-electron chi connectivity index (χ0n) is 14.5. The second-order valence-electron chi connectivity index (χ2n) is 6.08. The van der Waals surface area contributed by atoms with E-state index in [2.05, 4.69) is 32.6 Å². The van der Waals surface area contributed by atoms with Gasteiger partial charge < -0.3 is 9.32 Å². The number of rotatable bonds is 7. The number of amides is 1. The van der Waals surface area contributed by atoms with E-state index in [1.165, 1.54) is 5.56 Å². The Bertz CT molecular complexity index is 491. The van der Waals surface area contributed by atoms with Gasteiger partial charge in [-0.3, -0.25) is 9.69 Å². The fourth-order valence-electron chi connectivity index (χ4n) is 3.36. The molecule has 1 saturated heterocycles. The van der Waals surface area contributed by atoms with Crippen molar-refractivity contribution in [3.8, 4) is 0 Å². The highest BCUT2D eigenvalue weighted by molar-refractivity contribution is 5.92. The van der Waals surface area contributed by atoms with Crippen molar-refractivity contribution in [2.75, 3.05) is 19.6 Å². The van der Waals surface area contributed by atoms with E-state index in [0.29, 0.717) is 11.8 Å². The topological polar surface area (TPSA) is 36.7 Å². The van der Waals surface area contributed by atoms with Crippen LogP contribution >= 0.6 is 0 Å². The quantitative estimate of drug-likeness (QED) is 0.771. The highest BCUT2D eigenvalue weighted by Gasteiger charge is 2.30. The van der Waals surface area contributed by atoms with Crippen LogP contribution in [0.3, 0.4) is 0 Å². The Labute approximate surface area is 134 Å². The maximum Gasteiger partial charge on any atom is 0.289 e. The molecule has 0 bridgehead atoms. The van der Waals surface area contributed by atoms with Crippen LogP contribution < -0.4 is 0 Å². The molecule has 1 aromatic heterocycles. The summed E-state index contributed by atoms with van der Waals surface area (Å²) >= 11 is 0. The van der Waals surface area contributed by atoms with Crippen molar-refractivity contribution >= 4 is 5.91 Å². The molecule has 1 fully saturated rings. The number of likely N-dealkylation sites (tertiary alicyclic amines) is 1. The van der Waals surface area contributed by atoms with E-state index >= 15 is 0 Å². The number of carbonyl (C=O) groups is 1. The largest absolute Gasteiger partial charge is 0.456 e. The highest BCUT2D eigenvalue weighted by atomic mass is 16.4. The molecule has 124 valence electrons. The number of nitrogens with zero attached hydrogens (tertiary/aromatic N) is 2. The average molecular weight is 306 g/mol. The first-order valence-corrected chi connectivity index (χ1v) is 8.79. The zero-order chi connectivity index (χ0) is 16.1. The summed E-state index contributed by atoms with van der Waals surface area (Å²) in [6, 6.07) is 2.36. The van der Waals surface area contributed by atoms with Gasteiger partial charge >= 0.3 is 0 Å². The van der Waals surface area contributed by atoms with Crippen molar-refractivity contribution in [1.82, 2.24) is 9.80 Å². The number of carbonyl (C=O) groups excluding carboxylic acids is 1. The molecule has 22 heavy (non-hydrogen) atoms. The zero-order valence-corrected chi connectivity index (χ0v) is 14.5. The summed E-state index contributed by atoms with van der Waals surface area (Å²) in [6.07, 6.45) is 4.09. The van der Waals surface area contributed by atoms with E-state index in [0.717, 1.165) is 57.6 Å². The normalized spacial score (nSPS) is 18.4. The van der Waals surface area contributed by atoms with Crippen molar-refractivity contribution in [3.05, 3.63) is 23.2 Å². The predicted molar refractivity (Wildman–Crippen MR) is 89.1 cm³/mol.